The number of pyridine rings is 1. The topological polar surface area (TPSA) is 175 Å². The van der Waals surface area contributed by atoms with Crippen LogP contribution in [0.1, 0.15) is 23.9 Å². The standard InChI is InChI=1S/C16H11ClF3N3O.C5H6N6/c1-2-13-22-12-5-3-4-11(17)14(12)15(24)23(13)10-6-9(7-21-8-10)16(18,19)20;6-1-2-3(7)10-5(9)11-4(2)8/h3-8H,2H2,1H3;(H6,7,8,9,10,11). The number of aromatic nitrogens is 5. The average Bonchev–Trinajstić information content (AvgIpc) is 2.78. The Morgan fingerprint density at radius 1 is 1.11 bits per heavy atom. The van der Waals surface area contributed by atoms with Gasteiger partial charge in [-0.1, -0.05) is 24.6 Å². The number of anilines is 3. The van der Waals surface area contributed by atoms with E-state index in [1.807, 2.05) is 0 Å². The molecule has 0 bridgehead atoms. The molecule has 0 radical (unpaired) electrons. The van der Waals surface area contributed by atoms with Gasteiger partial charge in [0.1, 0.15) is 29.1 Å². The van der Waals surface area contributed by atoms with Gasteiger partial charge in [-0.05, 0) is 18.2 Å². The van der Waals surface area contributed by atoms with Crippen molar-refractivity contribution >= 4 is 40.1 Å². The summed E-state index contributed by atoms with van der Waals surface area (Å²) in [6.45, 7) is 1.76. The summed E-state index contributed by atoms with van der Waals surface area (Å²) in [4.78, 5) is 27.9. The summed E-state index contributed by atoms with van der Waals surface area (Å²) in [6.07, 6.45) is -2.30. The summed E-state index contributed by atoms with van der Waals surface area (Å²) >= 11 is 6.07. The number of nitrogens with two attached hydrogens (primary N) is 3. The summed E-state index contributed by atoms with van der Waals surface area (Å²) in [7, 11) is 0. The molecule has 0 spiro atoms. The van der Waals surface area contributed by atoms with Crippen LogP contribution >= 0.6 is 11.6 Å². The Morgan fingerprint density at radius 2 is 1.77 bits per heavy atom. The fourth-order valence-corrected chi connectivity index (χ4v) is 3.32. The number of alkyl halides is 3. The zero-order valence-electron chi connectivity index (χ0n) is 18.0. The van der Waals surface area contributed by atoms with Crippen LogP contribution in [0.2, 0.25) is 5.02 Å². The number of fused-ring (bicyclic) bond motifs is 1. The van der Waals surface area contributed by atoms with Crippen molar-refractivity contribution in [3.63, 3.8) is 0 Å². The summed E-state index contributed by atoms with van der Waals surface area (Å²) in [6, 6.07) is 7.46. The molecule has 1 aromatic carbocycles. The first-order valence-corrected chi connectivity index (χ1v) is 10.2. The molecule has 6 N–H and O–H groups in total. The zero-order valence-corrected chi connectivity index (χ0v) is 18.8. The SMILES string of the molecule is CCc1nc2cccc(Cl)c2c(=O)n1-c1cncc(C(F)(F)F)c1.N#Cc1c(N)nc(N)nc1N. The van der Waals surface area contributed by atoms with Gasteiger partial charge < -0.3 is 17.2 Å². The number of aryl methyl sites for hydroxylation is 1. The van der Waals surface area contributed by atoms with Gasteiger partial charge in [-0.25, -0.2) is 4.98 Å². The smallest absolute Gasteiger partial charge is 0.382 e. The first-order valence-electron chi connectivity index (χ1n) is 9.79. The second-order valence-electron chi connectivity index (χ2n) is 6.92. The highest BCUT2D eigenvalue weighted by Gasteiger charge is 2.31. The van der Waals surface area contributed by atoms with Gasteiger partial charge in [0.2, 0.25) is 5.95 Å². The van der Waals surface area contributed by atoms with Gasteiger partial charge in [-0.15, -0.1) is 0 Å². The van der Waals surface area contributed by atoms with E-state index in [-0.39, 0.29) is 39.2 Å². The van der Waals surface area contributed by atoms with Gasteiger partial charge in [-0.3, -0.25) is 14.3 Å². The lowest BCUT2D eigenvalue weighted by atomic mass is 10.2. The summed E-state index contributed by atoms with van der Waals surface area (Å²) in [5, 5.41) is 8.82. The molecule has 0 amide bonds. The molecule has 3 aromatic heterocycles. The van der Waals surface area contributed by atoms with Gasteiger partial charge in [0.05, 0.1) is 33.4 Å². The molecule has 0 saturated heterocycles. The number of nitrogen functional groups attached to an aromatic ring is 3. The lowest BCUT2D eigenvalue weighted by Crippen LogP contribution is -2.24. The van der Waals surface area contributed by atoms with Crippen LogP contribution in [0.15, 0.2) is 41.5 Å². The maximum Gasteiger partial charge on any atom is 0.417 e. The van der Waals surface area contributed by atoms with E-state index >= 15 is 0 Å². The van der Waals surface area contributed by atoms with E-state index in [0.717, 1.165) is 10.6 Å². The number of nitrogens with zero attached hydrogens (tertiary/aromatic N) is 6. The van der Waals surface area contributed by atoms with Crippen molar-refractivity contribution in [1.82, 2.24) is 24.5 Å². The molecule has 0 aliphatic heterocycles. The third-order valence-electron chi connectivity index (χ3n) is 4.64. The normalized spacial score (nSPS) is 11.0. The predicted molar refractivity (Wildman–Crippen MR) is 125 cm³/mol. The molecule has 0 aliphatic carbocycles. The molecule has 0 aliphatic rings. The average molecular weight is 504 g/mol. The highest BCUT2D eigenvalue weighted by molar-refractivity contribution is 6.35. The minimum Gasteiger partial charge on any atom is -0.382 e. The summed E-state index contributed by atoms with van der Waals surface area (Å²) in [5.74, 6) is 0.324. The lowest BCUT2D eigenvalue weighted by molar-refractivity contribution is -0.137. The van der Waals surface area contributed by atoms with Crippen LogP contribution in [0.3, 0.4) is 0 Å². The first kappa shape index (κ1) is 25.2. The van der Waals surface area contributed by atoms with Gasteiger partial charge >= 0.3 is 6.18 Å². The number of nitriles is 1. The van der Waals surface area contributed by atoms with Gasteiger partial charge in [-0.2, -0.15) is 28.4 Å². The first-order chi connectivity index (χ1) is 16.5. The molecule has 0 atom stereocenters. The van der Waals surface area contributed by atoms with Crippen LogP contribution in [-0.4, -0.2) is 24.5 Å². The van der Waals surface area contributed by atoms with Gasteiger partial charge in [0, 0.05) is 12.6 Å². The lowest BCUT2D eigenvalue weighted by Gasteiger charge is -2.14. The molecule has 4 aromatic rings. The van der Waals surface area contributed by atoms with Gasteiger partial charge in [0.25, 0.3) is 5.56 Å². The molecular weight excluding hydrogens is 487 g/mol. The van der Waals surface area contributed by atoms with E-state index in [4.69, 9.17) is 34.1 Å². The Hall–Kier alpha value is -4.44. The monoisotopic (exact) mass is 503 g/mol. The zero-order chi connectivity index (χ0) is 25.9. The molecule has 0 unspecified atom stereocenters. The Morgan fingerprint density at radius 3 is 2.34 bits per heavy atom. The van der Waals surface area contributed by atoms with E-state index in [9.17, 15) is 18.0 Å². The predicted octanol–water partition coefficient (Wildman–Crippen LogP) is 3.11. The van der Waals surface area contributed by atoms with Crippen LogP contribution in [0.25, 0.3) is 16.6 Å². The summed E-state index contributed by atoms with van der Waals surface area (Å²) in [5.41, 5.74) is 14.8. The van der Waals surface area contributed by atoms with Crippen molar-refractivity contribution in [2.45, 2.75) is 19.5 Å². The van der Waals surface area contributed by atoms with Crippen LogP contribution in [-0.2, 0) is 12.6 Å². The van der Waals surface area contributed by atoms with E-state index in [1.54, 1.807) is 25.1 Å². The van der Waals surface area contributed by atoms with Crippen molar-refractivity contribution in [2.24, 2.45) is 0 Å². The fourth-order valence-electron chi connectivity index (χ4n) is 3.07. The van der Waals surface area contributed by atoms with Crippen LogP contribution in [0, 0.1) is 11.3 Å². The Balaban J connectivity index is 0.000000261. The van der Waals surface area contributed by atoms with Crippen LogP contribution in [0.5, 0.6) is 0 Å². The second-order valence-corrected chi connectivity index (χ2v) is 7.33. The maximum atomic E-state index is 12.9. The maximum absolute atomic E-state index is 12.9. The Labute approximate surface area is 200 Å². The molecule has 180 valence electrons. The third-order valence-corrected chi connectivity index (χ3v) is 4.95. The number of hydrogen-bond acceptors (Lipinski definition) is 9. The Kier molecular flexibility index (Phi) is 7.06. The molecule has 0 fully saturated rings. The van der Waals surface area contributed by atoms with E-state index in [1.165, 1.54) is 12.3 Å². The van der Waals surface area contributed by atoms with Crippen molar-refractivity contribution in [3.8, 4) is 11.8 Å². The van der Waals surface area contributed by atoms with Crippen molar-refractivity contribution in [3.05, 3.63) is 69.0 Å². The van der Waals surface area contributed by atoms with Crippen LogP contribution in [0.4, 0.5) is 30.8 Å². The molecule has 4 rings (SSSR count). The van der Waals surface area contributed by atoms with E-state index in [0.29, 0.717) is 24.0 Å². The third kappa shape index (κ3) is 5.22. The molecule has 14 heteroatoms. The quantitative estimate of drug-likeness (QED) is 0.371. The molecular formula is C21H17ClF3N9O. The van der Waals surface area contributed by atoms with Crippen molar-refractivity contribution in [2.75, 3.05) is 17.2 Å². The molecule has 0 saturated carbocycles. The summed E-state index contributed by atoms with van der Waals surface area (Å²) < 4.78 is 39.9. The fraction of sp³-hybridized carbons (Fsp3) is 0.143. The number of rotatable bonds is 2. The highest BCUT2D eigenvalue weighted by atomic mass is 35.5. The minimum atomic E-state index is -4.55. The molecule has 3 heterocycles. The molecule has 10 nitrogen and oxygen atoms in total. The molecule has 35 heavy (non-hydrogen) atoms. The Bertz CT molecular complexity index is 1490. The van der Waals surface area contributed by atoms with Crippen LogP contribution < -0.4 is 22.8 Å². The highest BCUT2D eigenvalue weighted by Crippen LogP contribution is 2.30. The minimum absolute atomic E-state index is 0.000921. The number of halogens is 4. The number of hydrogen-bond donors (Lipinski definition) is 3. The van der Waals surface area contributed by atoms with Crippen molar-refractivity contribution < 1.29 is 13.2 Å². The largest absolute Gasteiger partial charge is 0.417 e. The van der Waals surface area contributed by atoms with Gasteiger partial charge in [0.15, 0.2) is 0 Å². The van der Waals surface area contributed by atoms with E-state index in [2.05, 4.69) is 19.9 Å². The number of benzene rings is 1. The van der Waals surface area contributed by atoms with Crippen molar-refractivity contribution in [1.29, 1.82) is 5.26 Å². The van der Waals surface area contributed by atoms with E-state index < -0.39 is 17.3 Å². The second kappa shape index (κ2) is 9.82.